The highest BCUT2D eigenvalue weighted by atomic mass is 16.5. The van der Waals surface area contributed by atoms with E-state index in [4.69, 9.17) is 4.74 Å². The summed E-state index contributed by atoms with van der Waals surface area (Å²) in [6, 6.07) is 0.649. The van der Waals surface area contributed by atoms with Crippen molar-refractivity contribution in [2.75, 3.05) is 57.3 Å². The van der Waals surface area contributed by atoms with Gasteiger partial charge in [0.1, 0.15) is 12.4 Å². The molecule has 148 valence electrons. The standard InChI is InChI=1S/C21H33N5O/c1-18(2)25-13-11-24(12-14-25)8-4-5-15-27-20-6-9-26(10-7-20)21-17-22-16-19(3)23-21/h16-18,20H,6-15H2,1-3H3. The molecule has 0 radical (unpaired) electrons. The second-order valence-corrected chi connectivity index (χ2v) is 7.78. The lowest BCUT2D eigenvalue weighted by molar-refractivity contribution is 0.0593. The van der Waals surface area contributed by atoms with Gasteiger partial charge in [-0.2, -0.15) is 0 Å². The number of aryl methyl sites for hydroxylation is 1. The molecule has 0 unspecified atom stereocenters. The molecule has 2 aliphatic heterocycles. The average molecular weight is 372 g/mol. The van der Waals surface area contributed by atoms with Crippen LogP contribution in [-0.4, -0.2) is 84.3 Å². The van der Waals surface area contributed by atoms with Crippen LogP contribution in [0.25, 0.3) is 0 Å². The van der Waals surface area contributed by atoms with Gasteiger partial charge in [0, 0.05) is 51.5 Å². The highest BCUT2D eigenvalue weighted by Gasteiger charge is 2.21. The zero-order valence-corrected chi connectivity index (χ0v) is 17.0. The molecule has 27 heavy (non-hydrogen) atoms. The number of piperidine rings is 1. The highest BCUT2D eigenvalue weighted by Crippen LogP contribution is 2.19. The number of hydrogen-bond acceptors (Lipinski definition) is 6. The fourth-order valence-corrected chi connectivity index (χ4v) is 3.67. The molecule has 3 rings (SSSR count). The quantitative estimate of drug-likeness (QED) is 0.736. The Hall–Kier alpha value is -1.68. The van der Waals surface area contributed by atoms with Crippen molar-refractivity contribution in [3.8, 4) is 11.8 Å². The van der Waals surface area contributed by atoms with Gasteiger partial charge in [0.2, 0.25) is 0 Å². The third-order valence-electron chi connectivity index (χ3n) is 5.46. The predicted molar refractivity (Wildman–Crippen MR) is 109 cm³/mol. The second-order valence-electron chi connectivity index (χ2n) is 7.78. The van der Waals surface area contributed by atoms with E-state index in [2.05, 4.69) is 50.4 Å². The zero-order valence-electron chi connectivity index (χ0n) is 17.0. The van der Waals surface area contributed by atoms with E-state index in [1.54, 1.807) is 6.20 Å². The molecule has 0 aromatic carbocycles. The molecule has 2 aliphatic rings. The molecule has 6 nitrogen and oxygen atoms in total. The Bertz CT molecular complexity index is 637. The van der Waals surface area contributed by atoms with Crippen LogP contribution in [0.2, 0.25) is 0 Å². The Morgan fingerprint density at radius 1 is 1.07 bits per heavy atom. The first kappa shape index (κ1) is 20.1. The van der Waals surface area contributed by atoms with Gasteiger partial charge in [-0.15, -0.1) is 0 Å². The summed E-state index contributed by atoms with van der Waals surface area (Å²) in [5.74, 6) is 7.46. The van der Waals surface area contributed by atoms with Crippen LogP contribution in [0, 0.1) is 18.8 Å². The second kappa shape index (κ2) is 10.0. The fraction of sp³-hybridized carbons (Fsp3) is 0.714. The summed E-state index contributed by atoms with van der Waals surface area (Å²) in [6.45, 7) is 14.4. The van der Waals surface area contributed by atoms with Gasteiger partial charge in [-0.05, 0) is 33.6 Å². The number of piperazine rings is 1. The number of rotatable bonds is 5. The fourth-order valence-electron chi connectivity index (χ4n) is 3.67. The lowest BCUT2D eigenvalue weighted by Crippen LogP contribution is -2.48. The molecule has 2 fully saturated rings. The van der Waals surface area contributed by atoms with Gasteiger partial charge in [-0.1, -0.05) is 11.8 Å². The van der Waals surface area contributed by atoms with Crippen molar-refractivity contribution in [3.05, 3.63) is 18.1 Å². The number of hydrogen-bond donors (Lipinski definition) is 0. The van der Waals surface area contributed by atoms with E-state index in [0.717, 1.165) is 70.2 Å². The molecule has 0 amide bonds. The lowest BCUT2D eigenvalue weighted by Gasteiger charge is -2.36. The van der Waals surface area contributed by atoms with E-state index in [0.29, 0.717) is 18.8 Å². The van der Waals surface area contributed by atoms with E-state index >= 15 is 0 Å². The molecule has 0 atom stereocenters. The van der Waals surface area contributed by atoms with E-state index in [1.165, 1.54) is 0 Å². The molecule has 2 saturated heterocycles. The Morgan fingerprint density at radius 3 is 2.48 bits per heavy atom. The first-order valence-electron chi connectivity index (χ1n) is 10.2. The van der Waals surface area contributed by atoms with Gasteiger partial charge in [-0.25, -0.2) is 4.98 Å². The van der Waals surface area contributed by atoms with Crippen LogP contribution in [0.3, 0.4) is 0 Å². The molecule has 0 N–H and O–H groups in total. The van der Waals surface area contributed by atoms with E-state index in [-0.39, 0.29) is 0 Å². The van der Waals surface area contributed by atoms with Crippen molar-refractivity contribution in [1.29, 1.82) is 0 Å². The van der Waals surface area contributed by atoms with E-state index in [1.807, 2.05) is 13.1 Å². The van der Waals surface area contributed by atoms with Crippen molar-refractivity contribution in [2.24, 2.45) is 0 Å². The van der Waals surface area contributed by atoms with Crippen LogP contribution in [0.1, 0.15) is 32.4 Å². The minimum atomic E-state index is 0.308. The number of nitrogens with zero attached hydrogens (tertiary/aromatic N) is 5. The summed E-state index contributed by atoms with van der Waals surface area (Å²) in [4.78, 5) is 16.1. The molecular weight excluding hydrogens is 338 g/mol. The third kappa shape index (κ3) is 6.17. The molecule has 1 aromatic heterocycles. The topological polar surface area (TPSA) is 44.7 Å². The Morgan fingerprint density at radius 2 is 1.81 bits per heavy atom. The van der Waals surface area contributed by atoms with Crippen LogP contribution >= 0.6 is 0 Å². The molecule has 0 saturated carbocycles. The molecule has 0 aliphatic carbocycles. The number of anilines is 1. The molecular formula is C21H33N5O. The Balaban J connectivity index is 1.30. The molecule has 1 aromatic rings. The zero-order chi connectivity index (χ0) is 19.1. The van der Waals surface area contributed by atoms with Crippen molar-refractivity contribution < 1.29 is 4.74 Å². The van der Waals surface area contributed by atoms with Gasteiger partial charge >= 0.3 is 0 Å². The SMILES string of the molecule is Cc1cncc(N2CCC(OCC#CCN3CCN(C(C)C)CC3)CC2)n1. The van der Waals surface area contributed by atoms with Gasteiger partial charge < -0.3 is 9.64 Å². The van der Waals surface area contributed by atoms with Crippen LogP contribution in [-0.2, 0) is 4.74 Å². The maximum absolute atomic E-state index is 5.97. The van der Waals surface area contributed by atoms with Crippen molar-refractivity contribution in [3.63, 3.8) is 0 Å². The van der Waals surface area contributed by atoms with E-state index in [9.17, 15) is 0 Å². The first-order chi connectivity index (χ1) is 13.1. The highest BCUT2D eigenvalue weighted by molar-refractivity contribution is 5.36. The number of ether oxygens (including phenoxy) is 1. The van der Waals surface area contributed by atoms with Gasteiger partial charge in [0.05, 0.1) is 24.5 Å². The van der Waals surface area contributed by atoms with Gasteiger partial charge in [-0.3, -0.25) is 14.8 Å². The molecule has 3 heterocycles. The van der Waals surface area contributed by atoms with Crippen LogP contribution in [0.4, 0.5) is 5.82 Å². The molecule has 0 spiro atoms. The first-order valence-corrected chi connectivity index (χ1v) is 10.2. The summed E-state index contributed by atoms with van der Waals surface area (Å²) in [5, 5.41) is 0. The van der Waals surface area contributed by atoms with Crippen LogP contribution in [0.15, 0.2) is 12.4 Å². The van der Waals surface area contributed by atoms with Crippen molar-refractivity contribution in [2.45, 2.75) is 45.8 Å². The molecule has 0 bridgehead atoms. The Kier molecular flexibility index (Phi) is 7.45. The van der Waals surface area contributed by atoms with Crippen LogP contribution < -0.4 is 4.90 Å². The smallest absolute Gasteiger partial charge is 0.147 e. The van der Waals surface area contributed by atoms with Crippen molar-refractivity contribution in [1.82, 2.24) is 19.8 Å². The summed E-state index contributed by atoms with van der Waals surface area (Å²) >= 11 is 0. The molecule has 6 heteroatoms. The van der Waals surface area contributed by atoms with Crippen molar-refractivity contribution >= 4 is 5.82 Å². The minimum Gasteiger partial charge on any atom is -0.365 e. The Labute approximate surface area is 163 Å². The largest absolute Gasteiger partial charge is 0.365 e. The minimum absolute atomic E-state index is 0.308. The third-order valence-corrected chi connectivity index (χ3v) is 5.46. The predicted octanol–water partition coefficient (Wildman–Crippen LogP) is 1.80. The maximum atomic E-state index is 5.97. The summed E-state index contributed by atoms with van der Waals surface area (Å²) in [5.41, 5.74) is 0.965. The summed E-state index contributed by atoms with van der Waals surface area (Å²) in [6.07, 6.45) is 5.99. The van der Waals surface area contributed by atoms with Gasteiger partial charge in [0.15, 0.2) is 0 Å². The lowest BCUT2D eigenvalue weighted by atomic mass is 10.1. The monoisotopic (exact) mass is 371 g/mol. The number of aromatic nitrogens is 2. The average Bonchev–Trinajstić information content (AvgIpc) is 2.68. The maximum Gasteiger partial charge on any atom is 0.147 e. The van der Waals surface area contributed by atoms with Crippen LogP contribution in [0.5, 0.6) is 0 Å². The summed E-state index contributed by atoms with van der Waals surface area (Å²) in [7, 11) is 0. The van der Waals surface area contributed by atoms with Gasteiger partial charge in [0.25, 0.3) is 0 Å². The van der Waals surface area contributed by atoms with E-state index < -0.39 is 0 Å². The summed E-state index contributed by atoms with van der Waals surface area (Å²) < 4.78 is 5.97. The normalized spacial score (nSPS) is 19.9.